The first kappa shape index (κ1) is 23.6. The van der Waals surface area contributed by atoms with E-state index in [1.165, 1.54) is 11.1 Å². The molecule has 1 aromatic carbocycles. The summed E-state index contributed by atoms with van der Waals surface area (Å²) in [6.07, 6.45) is 3.67. The number of pyridine rings is 1. The van der Waals surface area contributed by atoms with Crippen LogP contribution in [0.3, 0.4) is 0 Å². The molecule has 4 aromatic rings. The summed E-state index contributed by atoms with van der Waals surface area (Å²) in [7, 11) is 1.61. The fourth-order valence-electron chi connectivity index (χ4n) is 4.20. The van der Waals surface area contributed by atoms with E-state index in [1.54, 1.807) is 46.8 Å². The van der Waals surface area contributed by atoms with Crippen LogP contribution in [-0.2, 0) is 16.0 Å². The fourth-order valence-corrected chi connectivity index (χ4v) is 4.20. The molecule has 0 spiro atoms. The minimum atomic E-state index is -0.958. The number of imidazole rings is 1. The first-order valence-electron chi connectivity index (χ1n) is 11.5. The molecule has 12 heteroatoms. The third-order valence-corrected chi connectivity index (χ3v) is 5.99. The summed E-state index contributed by atoms with van der Waals surface area (Å²) in [5.74, 6) is 0.325. The van der Waals surface area contributed by atoms with Gasteiger partial charge in [-0.15, -0.1) is 0 Å². The van der Waals surface area contributed by atoms with Crippen molar-refractivity contribution < 1.29 is 28.9 Å². The Bertz CT molecular complexity index is 1400. The van der Waals surface area contributed by atoms with Gasteiger partial charge in [-0.05, 0) is 18.2 Å². The molecule has 1 atom stereocenters. The van der Waals surface area contributed by atoms with Gasteiger partial charge in [-0.3, -0.25) is 13.9 Å². The lowest BCUT2D eigenvalue weighted by Gasteiger charge is -2.31. The van der Waals surface area contributed by atoms with E-state index in [0.29, 0.717) is 55.7 Å². The zero-order valence-corrected chi connectivity index (χ0v) is 19.7. The van der Waals surface area contributed by atoms with Crippen molar-refractivity contribution in [3.05, 3.63) is 54.6 Å². The fraction of sp³-hybridized carbons (Fsp3) is 0.333. The van der Waals surface area contributed by atoms with Crippen molar-refractivity contribution in [2.45, 2.75) is 12.6 Å². The molecule has 1 fully saturated rings. The molecule has 1 aliphatic rings. The van der Waals surface area contributed by atoms with E-state index in [9.17, 15) is 14.7 Å². The van der Waals surface area contributed by atoms with Crippen LogP contribution >= 0.6 is 0 Å². The van der Waals surface area contributed by atoms with Crippen molar-refractivity contribution in [3.63, 3.8) is 0 Å². The number of fused-ring (bicyclic) bond motifs is 2. The molecule has 188 valence electrons. The van der Waals surface area contributed by atoms with Gasteiger partial charge in [0.2, 0.25) is 0 Å². The van der Waals surface area contributed by atoms with Crippen LogP contribution in [0.2, 0.25) is 0 Å². The van der Waals surface area contributed by atoms with E-state index >= 15 is 0 Å². The number of carbonyl (C=O) groups excluding carboxylic acids is 1. The van der Waals surface area contributed by atoms with Gasteiger partial charge in [-0.25, -0.2) is 9.78 Å². The number of carboxylic acid groups (broad SMARTS) is 1. The smallest absolute Gasteiger partial charge is 0.407 e. The number of nitrogens with one attached hydrogen (secondary N) is 1. The summed E-state index contributed by atoms with van der Waals surface area (Å²) in [6.45, 7) is 2.27. The second kappa shape index (κ2) is 10.2. The van der Waals surface area contributed by atoms with Gasteiger partial charge in [0.05, 0.1) is 56.0 Å². The van der Waals surface area contributed by atoms with Crippen LogP contribution in [0.5, 0.6) is 5.75 Å². The average Bonchev–Trinajstić information content (AvgIpc) is 3.49. The van der Waals surface area contributed by atoms with Gasteiger partial charge in [0, 0.05) is 31.3 Å². The van der Waals surface area contributed by atoms with Crippen LogP contribution in [0, 0.1) is 0 Å². The summed E-state index contributed by atoms with van der Waals surface area (Å²) < 4.78 is 19.8. The summed E-state index contributed by atoms with van der Waals surface area (Å²) in [6, 6.07) is 9.07. The number of anilines is 1. The van der Waals surface area contributed by atoms with Crippen molar-refractivity contribution in [1.29, 1.82) is 0 Å². The molecule has 1 aliphatic heterocycles. The van der Waals surface area contributed by atoms with Crippen LogP contribution in [0.25, 0.3) is 16.6 Å². The highest BCUT2D eigenvalue weighted by molar-refractivity contribution is 6.08. The second-order valence-corrected chi connectivity index (χ2v) is 8.32. The predicted octanol–water partition coefficient (Wildman–Crippen LogP) is 2.34. The van der Waals surface area contributed by atoms with Gasteiger partial charge in [0.15, 0.2) is 0 Å². The summed E-state index contributed by atoms with van der Waals surface area (Å²) >= 11 is 0. The minimum Gasteiger partial charge on any atom is -0.491 e. The Balaban J connectivity index is 1.32. The number of ether oxygens (including phenoxy) is 3. The number of amides is 2. The molecular formula is C24H26N6O6. The molecule has 36 heavy (non-hydrogen) atoms. The van der Waals surface area contributed by atoms with E-state index < -0.39 is 6.09 Å². The maximum atomic E-state index is 13.1. The number of rotatable bonds is 8. The standard InChI is InChI=1S/C24H26N6O6/c1-34-9-10-36-16-5-6-29-21(13-25-22(29)11-16)23(31)27-19-3-2-4-20-18(19)12-26-30(20)15-17-14-28(24(32)33)7-8-35-17/h2-6,11-13,17H,7-10,14-15H2,1H3,(H,27,31)(H,32,33). The molecule has 2 amide bonds. The monoisotopic (exact) mass is 494 g/mol. The minimum absolute atomic E-state index is 0.278. The third kappa shape index (κ3) is 4.81. The Morgan fingerprint density at radius 1 is 1.25 bits per heavy atom. The van der Waals surface area contributed by atoms with Crippen molar-refractivity contribution in [2.75, 3.05) is 45.3 Å². The molecule has 1 unspecified atom stereocenters. The normalized spacial score (nSPS) is 15.9. The van der Waals surface area contributed by atoms with Crippen LogP contribution in [0.15, 0.2) is 48.9 Å². The number of aromatic nitrogens is 4. The number of methoxy groups -OCH3 is 1. The third-order valence-electron chi connectivity index (χ3n) is 5.99. The van der Waals surface area contributed by atoms with Crippen LogP contribution < -0.4 is 10.1 Å². The van der Waals surface area contributed by atoms with Crippen LogP contribution in [-0.4, -0.2) is 87.3 Å². The average molecular weight is 495 g/mol. The molecule has 2 N–H and O–H groups in total. The summed E-state index contributed by atoms with van der Waals surface area (Å²) in [4.78, 5) is 30.1. The topological polar surface area (TPSA) is 132 Å². The summed E-state index contributed by atoms with van der Waals surface area (Å²) in [5.41, 5.74) is 2.38. The van der Waals surface area contributed by atoms with Gasteiger partial charge < -0.3 is 29.5 Å². The molecule has 0 bridgehead atoms. The molecule has 0 radical (unpaired) electrons. The van der Waals surface area contributed by atoms with Gasteiger partial charge in [-0.1, -0.05) is 6.07 Å². The maximum Gasteiger partial charge on any atom is 0.407 e. The van der Waals surface area contributed by atoms with E-state index in [-0.39, 0.29) is 18.6 Å². The summed E-state index contributed by atoms with van der Waals surface area (Å²) in [5, 5.41) is 17.4. The predicted molar refractivity (Wildman–Crippen MR) is 130 cm³/mol. The van der Waals surface area contributed by atoms with E-state index in [4.69, 9.17) is 14.2 Å². The van der Waals surface area contributed by atoms with Gasteiger partial charge in [0.1, 0.15) is 23.7 Å². The number of hydrogen-bond acceptors (Lipinski definition) is 7. The Kier molecular flexibility index (Phi) is 6.69. The van der Waals surface area contributed by atoms with Crippen LogP contribution in [0.4, 0.5) is 10.5 Å². The maximum absolute atomic E-state index is 13.1. The molecule has 5 rings (SSSR count). The highest BCUT2D eigenvalue weighted by atomic mass is 16.5. The van der Waals surface area contributed by atoms with Gasteiger partial charge >= 0.3 is 6.09 Å². The number of nitrogens with zero attached hydrogens (tertiary/aromatic N) is 5. The number of morpholine rings is 1. The number of carbonyl (C=O) groups is 2. The SMILES string of the molecule is COCCOc1ccn2c(C(=O)Nc3cccc4c3cnn4CC3CN(C(=O)O)CCO3)cnc2c1. The zero-order chi connectivity index (χ0) is 25.1. The molecular weight excluding hydrogens is 468 g/mol. The van der Waals surface area contributed by atoms with Gasteiger partial charge in [0.25, 0.3) is 5.91 Å². The number of hydrogen-bond donors (Lipinski definition) is 2. The lowest BCUT2D eigenvalue weighted by Crippen LogP contribution is -2.46. The lowest BCUT2D eigenvalue weighted by molar-refractivity contribution is -0.0301. The largest absolute Gasteiger partial charge is 0.491 e. The first-order valence-corrected chi connectivity index (χ1v) is 11.5. The molecule has 1 saturated heterocycles. The highest BCUT2D eigenvalue weighted by Crippen LogP contribution is 2.25. The molecule has 12 nitrogen and oxygen atoms in total. The number of benzene rings is 1. The van der Waals surface area contributed by atoms with Crippen molar-refractivity contribution in [2.24, 2.45) is 0 Å². The quantitative estimate of drug-likeness (QED) is 0.357. The first-order chi connectivity index (χ1) is 17.5. The van der Waals surface area contributed by atoms with Crippen LogP contribution in [0.1, 0.15) is 10.5 Å². The Morgan fingerprint density at radius 3 is 2.97 bits per heavy atom. The van der Waals surface area contributed by atoms with E-state index in [1.807, 2.05) is 12.1 Å². The van der Waals surface area contributed by atoms with Crippen molar-refractivity contribution in [1.82, 2.24) is 24.1 Å². The van der Waals surface area contributed by atoms with Crippen molar-refractivity contribution >= 4 is 34.2 Å². The van der Waals surface area contributed by atoms with Crippen molar-refractivity contribution in [3.8, 4) is 5.75 Å². The molecule has 4 heterocycles. The Hall–Kier alpha value is -4.16. The van der Waals surface area contributed by atoms with E-state index in [2.05, 4.69) is 15.4 Å². The highest BCUT2D eigenvalue weighted by Gasteiger charge is 2.25. The molecule has 3 aromatic heterocycles. The molecule has 0 aliphatic carbocycles. The second-order valence-electron chi connectivity index (χ2n) is 8.32. The Labute approximate surface area is 206 Å². The zero-order valence-electron chi connectivity index (χ0n) is 19.7. The lowest BCUT2D eigenvalue weighted by atomic mass is 10.2. The Morgan fingerprint density at radius 2 is 2.14 bits per heavy atom. The molecule has 0 saturated carbocycles. The van der Waals surface area contributed by atoms with Gasteiger partial charge in [-0.2, -0.15) is 5.10 Å². The van der Waals surface area contributed by atoms with E-state index in [0.717, 1.165) is 10.9 Å².